The number of nitrogens with zero attached hydrogens (tertiary/aromatic N) is 1. The van der Waals surface area contributed by atoms with Gasteiger partial charge < -0.3 is 39.2 Å². The number of methoxy groups -OCH3 is 1. The molecule has 0 bridgehead atoms. The zero-order chi connectivity index (χ0) is 23.9. The number of aliphatic hydroxyl groups excluding tert-OH is 4. The Balaban J connectivity index is 1.84. The molecule has 4 N–H and O–H groups in total. The number of aliphatic hydroxyl groups is 4. The molecule has 0 saturated carbocycles. The highest BCUT2D eigenvalue weighted by molar-refractivity contribution is 9.10. The number of carbonyl (C=O) groups excluding carboxylic acids is 1. The van der Waals surface area contributed by atoms with Gasteiger partial charge >= 0.3 is 5.97 Å². The molecule has 0 radical (unpaired) electrons. The third-order valence-corrected chi connectivity index (χ3v) is 6.77. The van der Waals surface area contributed by atoms with Crippen molar-refractivity contribution in [1.29, 1.82) is 0 Å². The lowest BCUT2D eigenvalue weighted by Gasteiger charge is -2.39. The minimum absolute atomic E-state index is 0.181. The molecule has 5 atom stereocenters. The number of carbonyl (C=O) groups is 1. The monoisotopic (exact) mass is 541 g/mol. The maximum atomic E-state index is 12.3. The topological polar surface area (TPSA) is 131 Å². The summed E-state index contributed by atoms with van der Waals surface area (Å²) in [7, 11) is 1.29. The van der Waals surface area contributed by atoms with Gasteiger partial charge in [0, 0.05) is 4.47 Å². The molecule has 2 aromatic carbocycles. The summed E-state index contributed by atoms with van der Waals surface area (Å²) in [5, 5.41) is 40.7. The first-order valence-electron chi connectivity index (χ1n) is 9.92. The van der Waals surface area contributed by atoms with Crippen molar-refractivity contribution < 1.29 is 39.4 Å². The molecule has 4 rings (SSSR count). The smallest absolute Gasteiger partial charge is 0.339 e. The fraction of sp³-hybridized carbons (Fsp3) is 0.318. The Labute approximate surface area is 201 Å². The largest absolute Gasteiger partial charge is 0.465 e. The number of halogens is 2. The van der Waals surface area contributed by atoms with Gasteiger partial charge in [-0.15, -0.1) is 0 Å². The Bertz CT molecular complexity index is 1180. The van der Waals surface area contributed by atoms with Gasteiger partial charge in [0.2, 0.25) is 6.29 Å². The van der Waals surface area contributed by atoms with E-state index >= 15 is 0 Å². The number of benzene rings is 2. The molecule has 1 aliphatic heterocycles. The zero-order valence-corrected chi connectivity index (χ0v) is 19.6. The van der Waals surface area contributed by atoms with E-state index in [2.05, 4.69) is 15.9 Å². The third-order valence-electron chi connectivity index (χ3n) is 5.49. The van der Waals surface area contributed by atoms with Gasteiger partial charge in [0.15, 0.2) is 0 Å². The van der Waals surface area contributed by atoms with Crippen LogP contribution < -0.4 is 4.74 Å². The summed E-state index contributed by atoms with van der Waals surface area (Å²) in [6, 6.07) is 10.3. The minimum atomic E-state index is -1.60. The third kappa shape index (κ3) is 4.24. The highest BCUT2D eigenvalue weighted by Gasteiger charge is 2.45. The van der Waals surface area contributed by atoms with Crippen LogP contribution in [0.25, 0.3) is 16.6 Å². The zero-order valence-electron chi connectivity index (χ0n) is 17.3. The van der Waals surface area contributed by atoms with Crippen molar-refractivity contribution in [1.82, 2.24) is 4.57 Å². The number of para-hydroxylation sites is 1. The van der Waals surface area contributed by atoms with E-state index < -0.39 is 43.3 Å². The quantitative estimate of drug-likeness (QED) is 0.360. The van der Waals surface area contributed by atoms with E-state index in [4.69, 9.17) is 25.8 Å². The molecule has 3 aromatic rings. The first-order valence-corrected chi connectivity index (χ1v) is 11.1. The highest BCUT2D eigenvalue weighted by atomic mass is 79.9. The van der Waals surface area contributed by atoms with E-state index in [-0.39, 0.29) is 5.75 Å². The molecular formula is C22H21BrClNO8. The van der Waals surface area contributed by atoms with E-state index in [9.17, 15) is 25.2 Å². The van der Waals surface area contributed by atoms with Crippen molar-refractivity contribution in [2.24, 2.45) is 0 Å². The summed E-state index contributed by atoms with van der Waals surface area (Å²) in [5.41, 5.74) is 1.38. The molecule has 9 nitrogen and oxygen atoms in total. The average Bonchev–Trinajstić information content (AvgIpc) is 3.19. The van der Waals surface area contributed by atoms with Crippen LogP contribution in [-0.4, -0.2) is 75.4 Å². The second-order valence-electron chi connectivity index (χ2n) is 7.44. The number of hydrogen-bond donors (Lipinski definition) is 4. The molecule has 2 heterocycles. The van der Waals surface area contributed by atoms with Crippen molar-refractivity contribution in [2.75, 3.05) is 13.7 Å². The molecule has 0 spiro atoms. The molecule has 0 aliphatic carbocycles. The fourth-order valence-corrected chi connectivity index (χ4v) is 4.36. The lowest BCUT2D eigenvalue weighted by molar-refractivity contribution is -0.277. The van der Waals surface area contributed by atoms with Crippen molar-refractivity contribution in [2.45, 2.75) is 30.7 Å². The Kier molecular flexibility index (Phi) is 6.96. The number of ether oxygens (including phenoxy) is 3. The van der Waals surface area contributed by atoms with Crippen LogP contribution in [0.1, 0.15) is 10.4 Å². The standard InChI is InChI=1S/C22H21BrClNO8/c1-31-21(30)10-4-2-3-5-12(10)25-8-14(16-13(25)7-6-11(23)17(16)24)32-22-20(29)19(28)18(27)15(9-26)33-22/h2-8,15,18-20,22,26-29H,9H2,1H3/t15-,18+,19+,20-,22+/m1/s1. The molecule has 33 heavy (non-hydrogen) atoms. The average molecular weight is 543 g/mol. The molecule has 11 heteroatoms. The normalized spacial score (nSPS) is 25.2. The number of hydrogen-bond acceptors (Lipinski definition) is 8. The predicted octanol–water partition coefficient (Wildman–Crippen LogP) is 2.01. The molecule has 1 saturated heterocycles. The van der Waals surface area contributed by atoms with Gasteiger partial charge in [-0.05, 0) is 40.2 Å². The first kappa shape index (κ1) is 24.0. The van der Waals surface area contributed by atoms with Gasteiger partial charge in [0.1, 0.15) is 30.2 Å². The molecule has 0 unspecified atom stereocenters. The van der Waals surface area contributed by atoms with E-state index in [0.717, 1.165) is 0 Å². The molecule has 0 amide bonds. The predicted molar refractivity (Wildman–Crippen MR) is 122 cm³/mol. The highest BCUT2D eigenvalue weighted by Crippen LogP contribution is 2.41. The second kappa shape index (κ2) is 9.59. The summed E-state index contributed by atoms with van der Waals surface area (Å²) >= 11 is 9.94. The molecule has 1 fully saturated rings. The van der Waals surface area contributed by atoms with Crippen molar-refractivity contribution in [3.63, 3.8) is 0 Å². The van der Waals surface area contributed by atoms with E-state index in [0.29, 0.717) is 31.6 Å². The minimum Gasteiger partial charge on any atom is -0.465 e. The lowest BCUT2D eigenvalue weighted by atomic mass is 9.99. The summed E-state index contributed by atoms with van der Waals surface area (Å²) in [5.74, 6) is -0.354. The van der Waals surface area contributed by atoms with Gasteiger partial charge in [0.25, 0.3) is 0 Å². The number of aromatic nitrogens is 1. The van der Waals surface area contributed by atoms with E-state index in [1.165, 1.54) is 7.11 Å². The van der Waals surface area contributed by atoms with Crippen LogP contribution in [0.4, 0.5) is 0 Å². The maximum Gasteiger partial charge on any atom is 0.339 e. The summed E-state index contributed by atoms with van der Waals surface area (Å²) in [6.07, 6.45) is -5.71. The Morgan fingerprint density at radius 1 is 1.15 bits per heavy atom. The van der Waals surface area contributed by atoms with Gasteiger partial charge in [0.05, 0.1) is 47.1 Å². The van der Waals surface area contributed by atoms with Gasteiger partial charge in [-0.1, -0.05) is 23.7 Å². The second-order valence-corrected chi connectivity index (χ2v) is 8.68. The van der Waals surface area contributed by atoms with Crippen LogP contribution in [0.15, 0.2) is 47.1 Å². The van der Waals surface area contributed by atoms with Crippen LogP contribution in [-0.2, 0) is 9.47 Å². The van der Waals surface area contributed by atoms with Crippen molar-refractivity contribution >= 4 is 44.4 Å². The molecular weight excluding hydrogens is 522 g/mol. The summed E-state index contributed by atoms with van der Waals surface area (Å²) in [6.45, 7) is -0.592. The van der Waals surface area contributed by atoms with Crippen LogP contribution in [0.3, 0.4) is 0 Å². The summed E-state index contributed by atoms with van der Waals surface area (Å²) in [4.78, 5) is 12.3. The first-order chi connectivity index (χ1) is 15.8. The molecule has 1 aliphatic rings. The Morgan fingerprint density at radius 2 is 1.88 bits per heavy atom. The number of rotatable bonds is 5. The van der Waals surface area contributed by atoms with Crippen LogP contribution in [0.2, 0.25) is 5.02 Å². The SMILES string of the molecule is COC(=O)c1ccccc1-n1cc(O[C@H]2O[C@H](CO)[C@H](O)[C@H](O)[C@H]2O)c2c(Cl)c(Br)ccc21. The fourth-order valence-electron chi connectivity index (χ4n) is 3.77. The Hall–Kier alpha value is -2.18. The van der Waals surface area contributed by atoms with Crippen LogP contribution in [0, 0.1) is 0 Å². The number of fused-ring (bicyclic) bond motifs is 1. The van der Waals surface area contributed by atoms with Crippen molar-refractivity contribution in [3.8, 4) is 11.4 Å². The lowest BCUT2D eigenvalue weighted by Crippen LogP contribution is -2.60. The van der Waals surface area contributed by atoms with Gasteiger partial charge in [-0.2, -0.15) is 0 Å². The van der Waals surface area contributed by atoms with E-state index in [1.54, 1.807) is 47.2 Å². The summed E-state index contributed by atoms with van der Waals surface area (Å²) < 4.78 is 18.5. The molecule has 176 valence electrons. The Morgan fingerprint density at radius 3 is 2.58 bits per heavy atom. The van der Waals surface area contributed by atoms with Crippen LogP contribution in [0.5, 0.6) is 5.75 Å². The van der Waals surface area contributed by atoms with Gasteiger partial charge in [-0.3, -0.25) is 0 Å². The number of esters is 1. The van der Waals surface area contributed by atoms with Crippen molar-refractivity contribution in [3.05, 3.63) is 57.7 Å². The van der Waals surface area contributed by atoms with E-state index in [1.807, 2.05) is 0 Å². The van der Waals surface area contributed by atoms with Gasteiger partial charge in [-0.25, -0.2) is 4.79 Å². The van der Waals surface area contributed by atoms with Crippen LogP contribution >= 0.6 is 27.5 Å². The molecule has 1 aromatic heterocycles. The maximum absolute atomic E-state index is 12.3.